The molecular formula is C22H26ClN3O3S2. The van der Waals surface area contributed by atoms with Crippen molar-refractivity contribution >= 4 is 55.5 Å². The van der Waals surface area contributed by atoms with E-state index in [1.54, 1.807) is 18.4 Å². The van der Waals surface area contributed by atoms with E-state index in [2.05, 4.69) is 11.8 Å². The summed E-state index contributed by atoms with van der Waals surface area (Å²) in [6.07, 6.45) is 1.20. The average molecular weight is 480 g/mol. The lowest BCUT2D eigenvalue weighted by Crippen LogP contribution is -2.39. The number of carbonyl (C=O) groups is 1. The molecule has 1 saturated heterocycles. The summed E-state index contributed by atoms with van der Waals surface area (Å²) in [5.74, 6) is 0.769. The zero-order valence-corrected chi connectivity index (χ0v) is 20.1. The number of hydrogen-bond acceptors (Lipinski definition) is 7. The lowest BCUT2D eigenvalue weighted by atomic mass is 10.2. The quantitative estimate of drug-likeness (QED) is 0.471. The molecule has 0 aliphatic carbocycles. The second-order valence-electron chi connectivity index (χ2n) is 7.49. The van der Waals surface area contributed by atoms with Gasteiger partial charge < -0.3 is 9.47 Å². The standard InChI is InChI=1S/C22H26ClN3O3S2/c1-15-4-6-17(28-2)20-21(15)31-22(24-20)26(9-3-8-25-10-12-29-13-11-25)19(27)14-16-5-7-18(23)30-16/h4-7H,3,8-14H2,1-2H3. The van der Waals surface area contributed by atoms with Crippen LogP contribution >= 0.6 is 34.3 Å². The first kappa shape index (κ1) is 22.5. The first-order chi connectivity index (χ1) is 15.0. The number of methoxy groups -OCH3 is 1. The van der Waals surface area contributed by atoms with Crippen LogP contribution in [0.2, 0.25) is 4.34 Å². The summed E-state index contributed by atoms with van der Waals surface area (Å²) in [5.41, 5.74) is 1.94. The van der Waals surface area contributed by atoms with E-state index in [4.69, 9.17) is 26.1 Å². The number of aryl methyl sites for hydroxylation is 1. The van der Waals surface area contributed by atoms with Gasteiger partial charge in [-0.1, -0.05) is 29.0 Å². The van der Waals surface area contributed by atoms with E-state index >= 15 is 0 Å². The van der Waals surface area contributed by atoms with Crippen LogP contribution in [0.3, 0.4) is 0 Å². The molecule has 31 heavy (non-hydrogen) atoms. The van der Waals surface area contributed by atoms with Gasteiger partial charge in [-0.25, -0.2) is 4.98 Å². The van der Waals surface area contributed by atoms with Gasteiger partial charge in [-0.15, -0.1) is 11.3 Å². The van der Waals surface area contributed by atoms with Crippen molar-refractivity contribution in [2.24, 2.45) is 0 Å². The number of nitrogens with zero attached hydrogens (tertiary/aromatic N) is 3. The molecule has 1 fully saturated rings. The van der Waals surface area contributed by atoms with Crippen molar-refractivity contribution in [1.82, 2.24) is 9.88 Å². The molecule has 4 rings (SSSR count). The molecule has 166 valence electrons. The number of rotatable bonds is 8. The molecule has 3 heterocycles. The Labute approximate surface area is 195 Å². The number of benzene rings is 1. The van der Waals surface area contributed by atoms with Crippen LogP contribution in [0, 0.1) is 6.92 Å². The molecule has 1 amide bonds. The molecule has 0 saturated carbocycles. The van der Waals surface area contributed by atoms with Gasteiger partial charge in [0.2, 0.25) is 5.91 Å². The second-order valence-corrected chi connectivity index (χ2v) is 10.3. The number of ether oxygens (including phenoxy) is 2. The number of morpholine rings is 1. The Bertz CT molecular complexity index is 1050. The van der Waals surface area contributed by atoms with Crippen LogP contribution in [0.1, 0.15) is 16.9 Å². The van der Waals surface area contributed by atoms with E-state index in [9.17, 15) is 4.79 Å². The minimum Gasteiger partial charge on any atom is -0.494 e. The summed E-state index contributed by atoms with van der Waals surface area (Å²) >= 11 is 9.06. The highest BCUT2D eigenvalue weighted by atomic mass is 35.5. The number of hydrogen-bond donors (Lipinski definition) is 0. The first-order valence-corrected chi connectivity index (χ1v) is 12.3. The molecule has 6 nitrogen and oxygen atoms in total. The lowest BCUT2D eigenvalue weighted by molar-refractivity contribution is -0.118. The van der Waals surface area contributed by atoms with Gasteiger partial charge in [0.05, 0.1) is 35.8 Å². The van der Waals surface area contributed by atoms with Crippen LogP contribution in [-0.2, 0) is 16.0 Å². The fraction of sp³-hybridized carbons (Fsp3) is 0.455. The van der Waals surface area contributed by atoms with E-state index in [0.717, 1.165) is 70.8 Å². The predicted octanol–water partition coefficient (Wildman–Crippen LogP) is 4.63. The Balaban J connectivity index is 1.57. The fourth-order valence-corrected chi connectivity index (χ4v) is 5.85. The monoisotopic (exact) mass is 479 g/mol. The maximum absolute atomic E-state index is 13.3. The average Bonchev–Trinajstić information content (AvgIpc) is 3.39. The van der Waals surface area contributed by atoms with Crippen molar-refractivity contribution in [1.29, 1.82) is 0 Å². The minimum atomic E-state index is 0.0381. The van der Waals surface area contributed by atoms with Crippen molar-refractivity contribution in [3.8, 4) is 5.75 Å². The van der Waals surface area contributed by atoms with Crippen LogP contribution in [0.4, 0.5) is 5.13 Å². The predicted molar refractivity (Wildman–Crippen MR) is 128 cm³/mol. The highest BCUT2D eigenvalue weighted by molar-refractivity contribution is 7.22. The third-order valence-corrected chi connectivity index (χ3v) is 7.80. The Hall–Kier alpha value is -1.71. The number of fused-ring (bicyclic) bond motifs is 1. The van der Waals surface area contributed by atoms with E-state index < -0.39 is 0 Å². The molecule has 1 aliphatic heterocycles. The van der Waals surface area contributed by atoms with Gasteiger partial charge in [-0.05, 0) is 37.1 Å². The number of carbonyl (C=O) groups excluding carboxylic acids is 1. The normalized spacial score (nSPS) is 14.8. The van der Waals surface area contributed by atoms with Crippen LogP contribution < -0.4 is 9.64 Å². The molecule has 0 bridgehead atoms. The third kappa shape index (κ3) is 5.38. The van der Waals surface area contributed by atoms with Crippen LogP contribution in [0.25, 0.3) is 10.2 Å². The maximum atomic E-state index is 13.3. The number of thiazole rings is 1. The van der Waals surface area contributed by atoms with Gasteiger partial charge in [0.25, 0.3) is 0 Å². The summed E-state index contributed by atoms with van der Waals surface area (Å²) in [6, 6.07) is 7.71. The molecule has 0 N–H and O–H groups in total. The fourth-order valence-electron chi connectivity index (χ4n) is 3.67. The van der Waals surface area contributed by atoms with Gasteiger partial charge in [0.15, 0.2) is 5.13 Å². The van der Waals surface area contributed by atoms with E-state index in [0.29, 0.717) is 17.3 Å². The van der Waals surface area contributed by atoms with Crippen molar-refractivity contribution in [3.05, 3.63) is 39.0 Å². The molecule has 0 atom stereocenters. The summed E-state index contributed by atoms with van der Waals surface area (Å²) in [4.78, 5) is 23.3. The number of thiophene rings is 1. The molecular weight excluding hydrogens is 454 g/mol. The molecule has 2 aromatic heterocycles. The van der Waals surface area contributed by atoms with Crippen LogP contribution in [-0.4, -0.2) is 62.3 Å². The van der Waals surface area contributed by atoms with E-state index in [1.807, 2.05) is 29.2 Å². The van der Waals surface area contributed by atoms with Gasteiger partial charge in [0, 0.05) is 31.1 Å². The number of halogens is 1. The van der Waals surface area contributed by atoms with Gasteiger partial charge >= 0.3 is 0 Å². The summed E-state index contributed by atoms with van der Waals surface area (Å²) < 4.78 is 12.7. The van der Waals surface area contributed by atoms with E-state index in [-0.39, 0.29) is 5.91 Å². The molecule has 0 radical (unpaired) electrons. The molecule has 1 aliphatic rings. The highest BCUT2D eigenvalue weighted by Gasteiger charge is 2.23. The topological polar surface area (TPSA) is 54.9 Å². The molecule has 1 aromatic carbocycles. The summed E-state index contributed by atoms with van der Waals surface area (Å²) in [6.45, 7) is 7.06. The van der Waals surface area contributed by atoms with Crippen LogP contribution in [0.5, 0.6) is 5.75 Å². The number of aromatic nitrogens is 1. The Morgan fingerprint density at radius 3 is 2.77 bits per heavy atom. The smallest absolute Gasteiger partial charge is 0.234 e. The lowest BCUT2D eigenvalue weighted by Gasteiger charge is -2.27. The zero-order chi connectivity index (χ0) is 21.8. The first-order valence-electron chi connectivity index (χ1n) is 10.3. The Morgan fingerprint density at radius 2 is 2.06 bits per heavy atom. The molecule has 0 spiro atoms. The third-order valence-electron chi connectivity index (χ3n) is 5.36. The highest BCUT2D eigenvalue weighted by Crippen LogP contribution is 2.37. The van der Waals surface area contributed by atoms with Gasteiger partial charge in [0.1, 0.15) is 11.3 Å². The van der Waals surface area contributed by atoms with Crippen molar-refractivity contribution < 1.29 is 14.3 Å². The summed E-state index contributed by atoms with van der Waals surface area (Å²) in [7, 11) is 1.65. The van der Waals surface area contributed by atoms with Crippen molar-refractivity contribution in [2.45, 2.75) is 19.8 Å². The second kappa shape index (κ2) is 10.3. The number of anilines is 1. The zero-order valence-electron chi connectivity index (χ0n) is 17.7. The largest absolute Gasteiger partial charge is 0.494 e. The van der Waals surface area contributed by atoms with Gasteiger partial charge in [-0.3, -0.25) is 14.6 Å². The molecule has 9 heteroatoms. The SMILES string of the molecule is COc1ccc(C)c2sc(N(CCCN3CCOCC3)C(=O)Cc3ccc(Cl)s3)nc12. The van der Waals surface area contributed by atoms with Gasteiger partial charge in [-0.2, -0.15) is 0 Å². The van der Waals surface area contributed by atoms with Crippen molar-refractivity contribution in [2.75, 3.05) is 51.4 Å². The van der Waals surface area contributed by atoms with Crippen molar-refractivity contribution in [3.63, 3.8) is 0 Å². The Kier molecular flexibility index (Phi) is 7.45. The summed E-state index contributed by atoms with van der Waals surface area (Å²) in [5, 5.41) is 0.720. The minimum absolute atomic E-state index is 0.0381. The number of amides is 1. The molecule has 3 aromatic rings. The molecule has 0 unspecified atom stereocenters. The maximum Gasteiger partial charge on any atom is 0.234 e. The van der Waals surface area contributed by atoms with E-state index in [1.165, 1.54) is 11.3 Å². The Morgan fingerprint density at radius 1 is 1.26 bits per heavy atom. The van der Waals surface area contributed by atoms with Crippen LogP contribution in [0.15, 0.2) is 24.3 Å².